The molecular weight excluding hydrogens is 447 g/mol. The van der Waals surface area contributed by atoms with E-state index in [1.54, 1.807) is 17.0 Å². The number of nitrogens with one attached hydrogen (secondary N) is 1. The van der Waals surface area contributed by atoms with Crippen molar-refractivity contribution in [3.8, 4) is 21.8 Å². The number of aromatic carboxylic acids is 1. The molecule has 1 fully saturated rings. The third-order valence-electron chi connectivity index (χ3n) is 5.31. The number of carboxylic acid groups (broad SMARTS) is 1. The standard InChI is InChI=1S/C23H25FN4O4S/c1-23(2,3)32-22(31)28-11-5-4-6-16(28)19-17(20-25-15(12-33-20)21(29)30)18(26-27-19)13-7-9-14(24)10-8-13/h7-10,12,16H,4-6,11H2,1-3H3,(H,26,27)(H,29,30). The Balaban J connectivity index is 1.82. The van der Waals surface area contributed by atoms with Crippen molar-refractivity contribution in [3.05, 3.63) is 46.9 Å². The molecule has 174 valence electrons. The summed E-state index contributed by atoms with van der Waals surface area (Å²) in [7, 11) is 0. The van der Waals surface area contributed by atoms with E-state index in [4.69, 9.17) is 4.74 Å². The van der Waals surface area contributed by atoms with Crippen molar-refractivity contribution in [1.82, 2.24) is 20.1 Å². The van der Waals surface area contributed by atoms with Crippen LogP contribution in [-0.2, 0) is 4.74 Å². The lowest BCUT2D eigenvalue weighted by Crippen LogP contribution is -2.42. The van der Waals surface area contributed by atoms with E-state index in [9.17, 15) is 19.1 Å². The molecule has 1 saturated heterocycles. The maximum Gasteiger partial charge on any atom is 0.410 e. The van der Waals surface area contributed by atoms with E-state index in [1.165, 1.54) is 28.8 Å². The molecule has 1 aliphatic rings. The van der Waals surface area contributed by atoms with Gasteiger partial charge >= 0.3 is 12.1 Å². The summed E-state index contributed by atoms with van der Waals surface area (Å²) in [5, 5.41) is 18.8. The van der Waals surface area contributed by atoms with Gasteiger partial charge in [-0.25, -0.2) is 19.0 Å². The molecule has 0 saturated carbocycles. The van der Waals surface area contributed by atoms with Crippen molar-refractivity contribution < 1.29 is 23.8 Å². The van der Waals surface area contributed by atoms with Gasteiger partial charge in [0.2, 0.25) is 0 Å². The van der Waals surface area contributed by atoms with Crippen LogP contribution >= 0.6 is 11.3 Å². The average molecular weight is 473 g/mol. The minimum atomic E-state index is -1.13. The smallest absolute Gasteiger partial charge is 0.410 e. The third kappa shape index (κ3) is 4.90. The number of carboxylic acids is 1. The number of ether oxygens (including phenoxy) is 1. The first-order chi connectivity index (χ1) is 15.6. The number of rotatable bonds is 4. The number of halogens is 1. The molecule has 1 atom stereocenters. The predicted octanol–water partition coefficient (Wildman–Crippen LogP) is 5.50. The summed E-state index contributed by atoms with van der Waals surface area (Å²) < 4.78 is 19.2. The summed E-state index contributed by atoms with van der Waals surface area (Å²) in [5.74, 6) is -1.50. The highest BCUT2D eigenvalue weighted by Gasteiger charge is 2.35. The first-order valence-corrected chi connectivity index (χ1v) is 11.5. The first-order valence-electron chi connectivity index (χ1n) is 10.7. The number of carbonyl (C=O) groups excluding carboxylic acids is 1. The molecule has 8 nitrogen and oxygen atoms in total. The molecule has 0 aliphatic carbocycles. The highest BCUT2D eigenvalue weighted by atomic mass is 32.1. The highest BCUT2D eigenvalue weighted by Crippen LogP contribution is 2.42. The van der Waals surface area contributed by atoms with Gasteiger partial charge in [0.15, 0.2) is 5.69 Å². The van der Waals surface area contributed by atoms with Gasteiger partial charge in [-0.15, -0.1) is 11.3 Å². The summed E-state index contributed by atoms with van der Waals surface area (Å²) in [6.45, 7) is 5.99. The quantitative estimate of drug-likeness (QED) is 0.519. The van der Waals surface area contributed by atoms with Gasteiger partial charge in [-0.1, -0.05) is 0 Å². The van der Waals surface area contributed by atoms with Gasteiger partial charge in [0.05, 0.1) is 17.3 Å². The van der Waals surface area contributed by atoms with Crippen LogP contribution in [0.1, 0.15) is 62.3 Å². The van der Waals surface area contributed by atoms with Gasteiger partial charge in [-0.05, 0) is 64.3 Å². The molecule has 1 unspecified atom stereocenters. The van der Waals surface area contributed by atoms with Crippen LogP contribution in [0.4, 0.5) is 9.18 Å². The van der Waals surface area contributed by atoms with Gasteiger partial charge in [0.25, 0.3) is 0 Å². The summed E-state index contributed by atoms with van der Waals surface area (Å²) in [4.78, 5) is 30.4. The maximum absolute atomic E-state index is 13.5. The summed E-state index contributed by atoms with van der Waals surface area (Å²) in [6, 6.07) is 5.55. The van der Waals surface area contributed by atoms with E-state index in [2.05, 4.69) is 15.2 Å². The van der Waals surface area contributed by atoms with Gasteiger partial charge in [0.1, 0.15) is 22.1 Å². The van der Waals surface area contributed by atoms with E-state index in [0.29, 0.717) is 40.5 Å². The maximum atomic E-state index is 13.5. The molecule has 33 heavy (non-hydrogen) atoms. The second kappa shape index (κ2) is 8.93. The molecule has 3 heterocycles. The fraction of sp³-hybridized carbons (Fsp3) is 0.391. The molecule has 1 amide bonds. The fourth-order valence-corrected chi connectivity index (χ4v) is 4.74. The van der Waals surface area contributed by atoms with Crippen molar-refractivity contribution >= 4 is 23.4 Å². The number of benzene rings is 1. The number of piperidine rings is 1. The molecule has 4 rings (SSSR count). The Hall–Kier alpha value is -3.27. The second-order valence-electron chi connectivity index (χ2n) is 8.90. The molecule has 1 aromatic carbocycles. The number of hydrogen-bond donors (Lipinski definition) is 2. The van der Waals surface area contributed by atoms with Crippen molar-refractivity contribution in [2.45, 2.75) is 51.7 Å². The average Bonchev–Trinajstić information content (AvgIpc) is 3.40. The zero-order chi connectivity index (χ0) is 23.8. The molecule has 0 radical (unpaired) electrons. The van der Waals surface area contributed by atoms with Crippen LogP contribution in [0.2, 0.25) is 0 Å². The minimum Gasteiger partial charge on any atom is -0.476 e. The Bertz CT molecular complexity index is 1170. The van der Waals surface area contributed by atoms with Gasteiger partial charge in [-0.2, -0.15) is 5.10 Å². The van der Waals surface area contributed by atoms with Crippen LogP contribution in [0.15, 0.2) is 29.6 Å². The molecule has 2 aromatic heterocycles. The van der Waals surface area contributed by atoms with Crippen molar-refractivity contribution in [2.75, 3.05) is 6.54 Å². The number of aromatic nitrogens is 3. The van der Waals surface area contributed by atoms with Crippen LogP contribution in [0.3, 0.4) is 0 Å². The molecule has 3 aromatic rings. The zero-order valence-electron chi connectivity index (χ0n) is 18.6. The van der Waals surface area contributed by atoms with Crippen molar-refractivity contribution in [3.63, 3.8) is 0 Å². The lowest BCUT2D eigenvalue weighted by Gasteiger charge is -2.36. The first kappa shape index (κ1) is 22.9. The number of nitrogens with zero attached hydrogens (tertiary/aromatic N) is 3. The lowest BCUT2D eigenvalue weighted by molar-refractivity contribution is 0.00906. The Morgan fingerprint density at radius 1 is 1.24 bits per heavy atom. The molecule has 0 bridgehead atoms. The topological polar surface area (TPSA) is 108 Å². The fourth-order valence-electron chi connectivity index (χ4n) is 3.89. The van der Waals surface area contributed by atoms with E-state index < -0.39 is 17.7 Å². The lowest BCUT2D eigenvalue weighted by atomic mass is 9.95. The molecule has 10 heteroatoms. The van der Waals surface area contributed by atoms with E-state index in [0.717, 1.165) is 12.8 Å². The highest BCUT2D eigenvalue weighted by molar-refractivity contribution is 7.13. The Kier molecular flexibility index (Phi) is 6.20. The van der Waals surface area contributed by atoms with Gasteiger partial charge in [0, 0.05) is 17.5 Å². The number of thiazole rings is 1. The SMILES string of the molecule is CC(C)(C)OC(=O)N1CCCCC1c1[nH]nc(-c2ccc(F)cc2)c1-c1nc(C(=O)O)cs1. The van der Waals surface area contributed by atoms with E-state index >= 15 is 0 Å². The minimum absolute atomic E-state index is 0.0696. The van der Waals surface area contributed by atoms with Crippen LogP contribution in [0, 0.1) is 5.82 Å². The van der Waals surface area contributed by atoms with Gasteiger partial charge in [-0.3, -0.25) is 10.00 Å². The summed E-state index contributed by atoms with van der Waals surface area (Å²) in [6.07, 6.45) is 2.03. The number of aromatic amines is 1. The molecule has 1 aliphatic heterocycles. The number of amides is 1. The summed E-state index contributed by atoms with van der Waals surface area (Å²) >= 11 is 1.18. The predicted molar refractivity (Wildman–Crippen MR) is 122 cm³/mol. The molecule has 2 N–H and O–H groups in total. The second-order valence-corrected chi connectivity index (χ2v) is 9.75. The number of likely N-dealkylation sites (tertiary alicyclic amines) is 1. The van der Waals surface area contributed by atoms with Crippen molar-refractivity contribution in [2.24, 2.45) is 0 Å². The van der Waals surface area contributed by atoms with Crippen LogP contribution in [0.25, 0.3) is 21.8 Å². The Morgan fingerprint density at radius 3 is 2.61 bits per heavy atom. The normalized spacial score (nSPS) is 16.6. The zero-order valence-corrected chi connectivity index (χ0v) is 19.4. The molecule has 0 spiro atoms. The number of hydrogen-bond acceptors (Lipinski definition) is 6. The van der Waals surface area contributed by atoms with Crippen LogP contribution in [-0.4, -0.2) is 49.4 Å². The van der Waals surface area contributed by atoms with Gasteiger partial charge < -0.3 is 9.84 Å². The third-order valence-corrected chi connectivity index (χ3v) is 6.17. The van der Waals surface area contributed by atoms with Crippen LogP contribution in [0.5, 0.6) is 0 Å². The largest absolute Gasteiger partial charge is 0.476 e. The Labute approximate surface area is 194 Å². The number of H-pyrrole nitrogens is 1. The molecular formula is C23H25FN4O4S. The van der Waals surface area contributed by atoms with E-state index in [1.807, 2.05) is 20.8 Å². The van der Waals surface area contributed by atoms with E-state index in [-0.39, 0.29) is 17.6 Å². The Morgan fingerprint density at radius 2 is 1.97 bits per heavy atom. The van der Waals surface area contributed by atoms with Crippen molar-refractivity contribution in [1.29, 1.82) is 0 Å². The van der Waals surface area contributed by atoms with Crippen LogP contribution < -0.4 is 0 Å². The summed E-state index contributed by atoms with van der Waals surface area (Å²) in [5.41, 5.74) is 1.73. The monoisotopic (exact) mass is 472 g/mol. The number of carbonyl (C=O) groups is 2.